The number of rotatable bonds is 5. The molecule has 2 N–H and O–H groups in total. The molecule has 2 saturated heterocycles. The summed E-state index contributed by atoms with van der Waals surface area (Å²) in [4.78, 5) is 17.9. The maximum Gasteiger partial charge on any atom is 0.259 e. The first-order valence-corrected chi connectivity index (χ1v) is 11.6. The molecule has 0 spiro atoms. The van der Waals surface area contributed by atoms with E-state index >= 15 is 0 Å². The van der Waals surface area contributed by atoms with Crippen molar-refractivity contribution in [2.45, 2.75) is 18.9 Å². The molecule has 6 rings (SSSR count). The molecule has 4 aromatic rings. The van der Waals surface area contributed by atoms with Crippen molar-refractivity contribution >= 4 is 17.7 Å². The molecule has 0 bridgehead atoms. The van der Waals surface area contributed by atoms with Gasteiger partial charge in [-0.25, -0.2) is 8.78 Å². The van der Waals surface area contributed by atoms with Crippen LogP contribution >= 0.6 is 0 Å². The number of nitrogen functional groups attached to an aromatic ring is 1. The molecule has 10 nitrogen and oxygen atoms in total. The van der Waals surface area contributed by atoms with Crippen molar-refractivity contribution in [2.24, 2.45) is 5.92 Å². The van der Waals surface area contributed by atoms with Gasteiger partial charge in [0.1, 0.15) is 5.82 Å². The minimum Gasteiger partial charge on any atom is -0.490 e. The Kier molecular flexibility index (Phi) is 5.63. The number of hydrogen-bond donors (Lipinski definition) is 1. The fraction of sp³-hybridized carbons (Fsp3) is 0.391. The highest BCUT2D eigenvalue weighted by Gasteiger charge is 2.34. The third kappa shape index (κ3) is 4.19. The molecule has 0 saturated carbocycles. The minimum absolute atomic E-state index is 0.123. The van der Waals surface area contributed by atoms with Gasteiger partial charge in [0.05, 0.1) is 12.9 Å². The summed E-state index contributed by atoms with van der Waals surface area (Å²) < 4.78 is 52.9. The van der Waals surface area contributed by atoms with Crippen molar-refractivity contribution in [1.29, 1.82) is 0 Å². The van der Waals surface area contributed by atoms with Crippen molar-refractivity contribution < 1.29 is 22.3 Å². The zero-order valence-corrected chi connectivity index (χ0v) is 19.1. The number of ether oxygens (including phenoxy) is 1. The SMILES string of the molecule is Nc1nc(N2CCN3CC(COc4cc(F)cc(F)c4F)CCC3C2)nc2nc(-c3ccco3)nn12. The molecule has 2 unspecified atom stereocenters. The maximum atomic E-state index is 13.9. The van der Waals surface area contributed by atoms with Crippen molar-refractivity contribution in [3.63, 3.8) is 0 Å². The van der Waals surface area contributed by atoms with Crippen LogP contribution in [-0.2, 0) is 0 Å². The lowest BCUT2D eigenvalue weighted by Crippen LogP contribution is -2.57. The maximum absolute atomic E-state index is 13.9. The number of nitrogens with two attached hydrogens (primary N) is 1. The van der Waals surface area contributed by atoms with Gasteiger partial charge in [0.25, 0.3) is 5.78 Å². The molecule has 0 amide bonds. The molecule has 2 aliphatic heterocycles. The van der Waals surface area contributed by atoms with E-state index in [-0.39, 0.29) is 24.5 Å². The zero-order valence-electron chi connectivity index (χ0n) is 19.1. The summed E-state index contributed by atoms with van der Waals surface area (Å²) in [6, 6.07) is 5.16. The van der Waals surface area contributed by atoms with Gasteiger partial charge in [0, 0.05) is 50.3 Å². The predicted octanol–water partition coefficient (Wildman–Crippen LogP) is 2.76. The smallest absolute Gasteiger partial charge is 0.259 e. The lowest BCUT2D eigenvalue weighted by molar-refractivity contribution is 0.0714. The minimum atomic E-state index is -1.26. The van der Waals surface area contributed by atoms with Gasteiger partial charge in [-0.15, -0.1) is 5.10 Å². The third-order valence-electron chi connectivity index (χ3n) is 6.69. The molecule has 1 aromatic carbocycles. The van der Waals surface area contributed by atoms with Crippen molar-refractivity contribution in [3.05, 3.63) is 48.0 Å². The first kappa shape index (κ1) is 22.6. The molecule has 2 atom stereocenters. The summed E-state index contributed by atoms with van der Waals surface area (Å²) in [6.45, 7) is 3.10. The van der Waals surface area contributed by atoms with Gasteiger partial charge in [-0.2, -0.15) is 23.9 Å². The lowest BCUT2D eigenvalue weighted by Gasteiger charge is -2.46. The molecule has 0 radical (unpaired) electrons. The Labute approximate surface area is 203 Å². The van der Waals surface area contributed by atoms with E-state index in [0.29, 0.717) is 42.5 Å². The second kappa shape index (κ2) is 8.97. The Bertz CT molecular complexity index is 1400. The molecule has 36 heavy (non-hydrogen) atoms. The molecular formula is C23H23F3N8O2. The quantitative estimate of drug-likeness (QED) is 0.414. The number of anilines is 2. The monoisotopic (exact) mass is 500 g/mol. The van der Waals surface area contributed by atoms with E-state index < -0.39 is 23.2 Å². The first-order chi connectivity index (χ1) is 17.4. The third-order valence-corrected chi connectivity index (χ3v) is 6.69. The highest BCUT2D eigenvalue weighted by Crippen LogP contribution is 2.29. The second-order valence-electron chi connectivity index (χ2n) is 9.06. The number of halogens is 3. The molecule has 2 aliphatic rings. The highest BCUT2D eigenvalue weighted by atomic mass is 19.2. The summed E-state index contributed by atoms with van der Waals surface area (Å²) in [7, 11) is 0. The van der Waals surface area contributed by atoms with E-state index in [1.54, 1.807) is 18.4 Å². The number of fused-ring (bicyclic) bond motifs is 2. The van der Waals surface area contributed by atoms with Crippen molar-refractivity contribution in [1.82, 2.24) is 29.5 Å². The van der Waals surface area contributed by atoms with Crippen LogP contribution in [0, 0.1) is 23.4 Å². The van der Waals surface area contributed by atoms with Gasteiger partial charge in [-0.1, -0.05) is 0 Å². The van der Waals surface area contributed by atoms with Gasteiger partial charge in [0.15, 0.2) is 17.3 Å². The zero-order chi connectivity index (χ0) is 24.8. The Morgan fingerprint density at radius 2 is 1.97 bits per heavy atom. The van der Waals surface area contributed by atoms with Crippen LogP contribution < -0.4 is 15.4 Å². The summed E-state index contributed by atoms with van der Waals surface area (Å²) in [6.07, 6.45) is 3.27. The lowest BCUT2D eigenvalue weighted by atomic mass is 9.91. The highest BCUT2D eigenvalue weighted by molar-refractivity contribution is 5.53. The van der Waals surface area contributed by atoms with E-state index in [2.05, 4.69) is 29.9 Å². The Morgan fingerprint density at radius 1 is 1.08 bits per heavy atom. The second-order valence-corrected chi connectivity index (χ2v) is 9.06. The molecule has 3 aromatic heterocycles. The van der Waals surface area contributed by atoms with Gasteiger partial charge < -0.3 is 19.8 Å². The summed E-state index contributed by atoms with van der Waals surface area (Å²) in [5.74, 6) is -1.65. The summed E-state index contributed by atoms with van der Waals surface area (Å²) in [5, 5.41) is 4.33. The van der Waals surface area contributed by atoms with Gasteiger partial charge >= 0.3 is 0 Å². The summed E-state index contributed by atoms with van der Waals surface area (Å²) >= 11 is 0. The molecule has 13 heteroatoms. The fourth-order valence-electron chi connectivity index (χ4n) is 4.87. The topological polar surface area (TPSA) is 111 Å². The molecule has 2 fully saturated rings. The first-order valence-electron chi connectivity index (χ1n) is 11.6. The number of piperazine rings is 1. The largest absolute Gasteiger partial charge is 0.490 e. The van der Waals surface area contributed by atoms with Gasteiger partial charge in [-0.05, 0) is 25.0 Å². The molecule has 5 heterocycles. The standard InChI is InChI=1S/C23H23F3N8O2/c24-14-8-16(25)19(26)18(9-14)36-12-13-3-4-15-11-33(6-5-32(15)10-13)22-29-21(27)34-23(30-22)28-20(31-34)17-2-1-7-35-17/h1-2,7-9,13,15H,3-6,10-12H2,(H2,27,28,29,30,31). The number of aromatic nitrogens is 5. The van der Waals surface area contributed by atoms with E-state index in [1.807, 2.05) is 0 Å². The Morgan fingerprint density at radius 3 is 2.81 bits per heavy atom. The van der Waals surface area contributed by atoms with Crippen LogP contribution in [0.3, 0.4) is 0 Å². The van der Waals surface area contributed by atoms with Crippen LogP contribution in [0.1, 0.15) is 12.8 Å². The van der Waals surface area contributed by atoms with E-state index in [4.69, 9.17) is 14.9 Å². The molecule has 0 aliphatic carbocycles. The van der Waals surface area contributed by atoms with Crippen molar-refractivity contribution in [2.75, 3.05) is 43.4 Å². The predicted molar refractivity (Wildman–Crippen MR) is 123 cm³/mol. The van der Waals surface area contributed by atoms with E-state index in [1.165, 1.54) is 4.52 Å². The van der Waals surface area contributed by atoms with E-state index in [0.717, 1.165) is 32.0 Å². The number of benzene rings is 1. The van der Waals surface area contributed by atoms with Crippen molar-refractivity contribution in [3.8, 4) is 17.3 Å². The van der Waals surface area contributed by atoms with E-state index in [9.17, 15) is 13.2 Å². The van der Waals surface area contributed by atoms with Gasteiger partial charge in [-0.3, -0.25) is 4.90 Å². The normalized spacial score (nSPS) is 20.6. The van der Waals surface area contributed by atoms with Crippen LogP contribution in [0.4, 0.5) is 25.1 Å². The number of nitrogens with zero attached hydrogens (tertiary/aromatic N) is 7. The number of hydrogen-bond acceptors (Lipinski definition) is 9. The average Bonchev–Trinajstić information content (AvgIpc) is 3.55. The number of piperidine rings is 1. The number of furan rings is 1. The van der Waals surface area contributed by atoms with Crippen LogP contribution in [0.5, 0.6) is 5.75 Å². The van der Waals surface area contributed by atoms with Crippen LogP contribution in [0.15, 0.2) is 34.9 Å². The fourth-order valence-corrected chi connectivity index (χ4v) is 4.87. The van der Waals surface area contributed by atoms with Crippen LogP contribution in [-0.4, -0.2) is 68.3 Å². The van der Waals surface area contributed by atoms with Crippen LogP contribution in [0.25, 0.3) is 17.4 Å². The van der Waals surface area contributed by atoms with Gasteiger partial charge in [0.2, 0.25) is 23.5 Å². The van der Waals surface area contributed by atoms with Crippen LogP contribution in [0.2, 0.25) is 0 Å². The Hall–Kier alpha value is -3.87. The average molecular weight is 500 g/mol. The Balaban J connectivity index is 1.11. The molecular weight excluding hydrogens is 477 g/mol. The summed E-state index contributed by atoms with van der Waals surface area (Å²) in [5.41, 5.74) is 6.15. The molecule has 188 valence electrons.